The number of carbonyl (C=O) groups excluding carboxylic acids is 1. The second kappa shape index (κ2) is 8.58. The van der Waals surface area contributed by atoms with Crippen molar-refractivity contribution >= 4 is 39.3 Å². The number of aryl methyl sites for hydroxylation is 2. The van der Waals surface area contributed by atoms with Crippen molar-refractivity contribution in [1.29, 1.82) is 0 Å². The molecule has 1 N–H and O–H groups in total. The molecule has 0 bridgehead atoms. The lowest BCUT2D eigenvalue weighted by molar-refractivity contribution is -0.113. The van der Waals surface area contributed by atoms with Crippen molar-refractivity contribution in [2.45, 2.75) is 19.1 Å². The van der Waals surface area contributed by atoms with E-state index in [1.54, 1.807) is 7.11 Å². The highest BCUT2D eigenvalue weighted by atomic mass is 79.9. The summed E-state index contributed by atoms with van der Waals surface area (Å²) in [5.41, 5.74) is 3.62. The number of nitrogens with one attached hydrogen (secondary N) is 1. The highest BCUT2D eigenvalue weighted by Crippen LogP contribution is 2.27. The molecule has 0 fully saturated rings. The lowest BCUT2D eigenvalue weighted by atomic mass is 10.1. The number of rotatable bonds is 6. The van der Waals surface area contributed by atoms with Gasteiger partial charge in [0.25, 0.3) is 5.22 Å². The maximum atomic E-state index is 12.3. The number of benzene rings is 2. The number of amides is 1. The van der Waals surface area contributed by atoms with Crippen molar-refractivity contribution in [3.05, 3.63) is 52.0 Å². The number of anilines is 1. The van der Waals surface area contributed by atoms with Crippen LogP contribution in [0.4, 0.5) is 5.69 Å². The average Bonchev–Trinajstić information content (AvgIpc) is 3.12. The first-order valence-corrected chi connectivity index (χ1v) is 9.91. The Morgan fingerprint density at radius 3 is 2.48 bits per heavy atom. The zero-order valence-corrected chi connectivity index (χ0v) is 17.5. The minimum Gasteiger partial charge on any atom is -0.497 e. The number of methoxy groups -OCH3 is 1. The maximum Gasteiger partial charge on any atom is 0.277 e. The summed E-state index contributed by atoms with van der Waals surface area (Å²) in [6, 6.07) is 11.3. The molecule has 0 radical (unpaired) electrons. The van der Waals surface area contributed by atoms with Gasteiger partial charge in [0, 0.05) is 15.7 Å². The highest BCUT2D eigenvalue weighted by Gasteiger charge is 2.13. The zero-order chi connectivity index (χ0) is 19.4. The number of hydrogen-bond acceptors (Lipinski definition) is 6. The molecule has 2 aromatic carbocycles. The van der Waals surface area contributed by atoms with Gasteiger partial charge in [-0.3, -0.25) is 4.79 Å². The fourth-order valence-corrected chi connectivity index (χ4v) is 3.78. The summed E-state index contributed by atoms with van der Waals surface area (Å²) in [4.78, 5) is 12.3. The van der Waals surface area contributed by atoms with E-state index >= 15 is 0 Å². The summed E-state index contributed by atoms with van der Waals surface area (Å²) in [7, 11) is 1.61. The van der Waals surface area contributed by atoms with Crippen molar-refractivity contribution in [2.75, 3.05) is 18.2 Å². The summed E-state index contributed by atoms with van der Waals surface area (Å²) in [5, 5.41) is 11.3. The van der Waals surface area contributed by atoms with Crippen LogP contribution in [-0.2, 0) is 4.79 Å². The number of nitrogens with zero attached hydrogens (tertiary/aromatic N) is 2. The Labute approximate surface area is 169 Å². The first kappa shape index (κ1) is 19.4. The van der Waals surface area contributed by atoms with Gasteiger partial charge in [-0.2, -0.15) is 0 Å². The van der Waals surface area contributed by atoms with Crippen molar-refractivity contribution < 1.29 is 13.9 Å². The van der Waals surface area contributed by atoms with Gasteiger partial charge in [0.15, 0.2) is 0 Å². The molecule has 1 heterocycles. The van der Waals surface area contributed by atoms with E-state index in [9.17, 15) is 4.79 Å². The van der Waals surface area contributed by atoms with Gasteiger partial charge < -0.3 is 14.5 Å². The topological polar surface area (TPSA) is 77.2 Å². The lowest BCUT2D eigenvalue weighted by Crippen LogP contribution is -2.15. The summed E-state index contributed by atoms with van der Waals surface area (Å²) in [5.74, 6) is 1.21. The minimum absolute atomic E-state index is 0.127. The molecule has 0 aliphatic rings. The van der Waals surface area contributed by atoms with Crippen LogP contribution in [0.3, 0.4) is 0 Å². The van der Waals surface area contributed by atoms with E-state index < -0.39 is 0 Å². The molecule has 8 heteroatoms. The van der Waals surface area contributed by atoms with Crippen LogP contribution in [-0.4, -0.2) is 29.0 Å². The van der Waals surface area contributed by atoms with Gasteiger partial charge in [0.1, 0.15) is 5.75 Å². The SMILES string of the molecule is COc1ccc(-c2nnc(SCC(=O)Nc3c(C)cc(Br)cc3C)o2)cc1. The molecular formula is C19H18BrN3O3S. The Balaban J connectivity index is 1.60. The van der Waals surface area contributed by atoms with Crippen LogP contribution in [0, 0.1) is 13.8 Å². The van der Waals surface area contributed by atoms with E-state index in [-0.39, 0.29) is 11.7 Å². The summed E-state index contributed by atoms with van der Waals surface area (Å²) < 4.78 is 11.7. The van der Waals surface area contributed by atoms with E-state index in [1.807, 2.05) is 50.2 Å². The number of aromatic nitrogens is 2. The van der Waals surface area contributed by atoms with Gasteiger partial charge in [-0.25, -0.2) is 0 Å². The van der Waals surface area contributed by atoms with Crippen LogP contribution in [0.2, 0.25) is 0 Å². The predicted molar refractivity (Wildman–Crippen MR) is 109 cm³/mol. The highest BCUT2D eigenvalue weighted by molar-refractivity contribution is 9.10. The second-order valence-corrected chi connectivity index (χ2v) is 7.70. The number of ether oxygens (including phenoxy) is 1. The third-order valence-corrected chi connectivity index (χ3v) is 5.11. The first-order valence-electron chi connectivity index (χ1n) is 8.13. The second-order valence-electron chi connectivity index (χ2n) is 5.85. The molecule has 0 aliphatic carbocycles. The number of carbonyl (C=O) groups is 1. The standard InChI is InChI=1S/C19H18BrN3O3S/c1-11-8-14(20)9-12(2)17(11)21-16(24)10-27-19-23-22-18(26-19)13-4-6-15(25-3)7-5-13/h4-9H,10H2,1-3H3,(H,21,24). The van der Waals surface area contributed by atoms with E-state index in [4.69, 9.17) is 9.15 Å². The van der Waals surface area contributed by atoms with Gasteiger partial charge in [0.2, 0.25) is 11.8 Å². The van der Waals surface area contributed by atoms with Crippen LogP contribution in [0.5, 0.6) is 5.75 Å². The smallest absolute Gasteiger partial charge is 0.277 e. The molecule has 0 atom stereocenters. The van der Waals surface area contributed by atoms with Gasteiger partial charge >= 0.3 is 0 Å². The molecule has 3 aromatic rings. The Hall–Kier alpha value is -2.32. The maximum absolute atomic E-state index is 12.3. The fraction of sp³-hybridized carbons (Fsp3) is 0.211. The number of thioether (sulfide) groups is 1. The van der Waals surface area contributed by atoms with Crippen LogP contribution in [0.1, 0.15) is 11.1 Å². The quantitative estimate of drug-likeness (QED) is 0.543. The van der Waals surface area contributed by atoms with Crippen LogP contribution < -0.4 is 10.1 Å². The van der Waals surface area contributed by atoms with E-state index in [0.29, 0.717) is 11.1 Å². The molecule has 1 aromatic heterocycles. The Bertz CT molecular complexity index is 934. The molecule has 0 unspecified atom stereocenters. The number of hydrogen-bond donors (Lipinski definition) is 1. The van der Waals surface area contributed by atoms with Crippen molar-refractivity contribution in [3.63, 3.8) is 0 Å². The molecular weight excluding hydrogens is 430 g/mol. The molecule has 6 nitrogen and oxygen atoms in total. The normalized spacial score (nSPS) is 10.7. The molecule has 0 saturated carbocycles. The predicted octanol–water partition coefficient (Wildman–Crippen LogP) is 4.86. The van der Waals surface area contributed by atoms with Gasteiger partial charge in [-0.05, 0) is 61.4 Å². The fourth-order valence-electron chi connectivity index (χ4n) is 2.53. The molecule has 0 aliphatic heterocycles. The van der Waals surface area contributed by atoms with Crippen LogP contribution >= 0.6 is 27.7 Å². The Morgan fingerprint density at radius 1 is 1.19 bits per heavy atom. The van der Waals surface area contributed by atoms with Gasteiger partial charge in [-0.15, -0.1) is 10.2 Å². The summed E-state index contributed by atoms with van der Waals surface area (Å²) >= 11 is 4.65. The van der Waals surface area contributed by atoms with E-state index in [2.05, 4.69) is 31.4 Å². The largest absolute Gasteiger partial charge is 0.497 e. The molecule has 27 heavy (non-hydrogen) atoms. The van der Waals surface area contributed by atoms with E-state index in [0.717, 1.165) is 32.6 Å². The monoisotopic (exact) mass is 447 g/mol. The molecule has 140 valence electrons. The molecule has 0 saturated heterocycles. The first-order chi connectivity index (χ1) is 13.0. The van der Waals surface area contributed by atoms with Gasteiger partial charge in [-0.1, -0.05) is 27.7 Å². The van der Waals surface area contributed by atoms with Crippen LogP contribution in [0.15, 0.2) is 50.5 Å². The third kappa shape index (κ3) is 4.90. The minimum atomic E-state index is -0.127. The number of halogens is 1. The Kier molecular flexibility index (Phi) is 6.18. The third-order valence-electron chi connectivity index (χ3n) is 3.83. The molecule has 0 spiro atoms. The van der Waals surface area contributed by atoms with E-state index in [1.165, 1.54) is 11.8 Å². The van der Waals surface area contributed by atoms with Gasteiger partial charge in [0.05, 0.1) is 12.9 Å². The van der Waals surface area contributed by atoms with Crippen molar-refractivity contribution in [1.82, 2.24) is 10.2 Å². The zero-order valence-electron chi connectivity index (χ0n) is 15.1. The van der Waals surface area contributed by atoms with Crippen molar-refractivity contribution in [2.24, 2.45) is 0 Å². The summed E-state index contributed by atoms with van der Waals surface area (Å²) in [6.45, 7) is 3.92. The molecule has 1 amide bonds. The van der Waals surface area contributed by atoms with Crippen molar-refractivity contribution in [3.8, 4) is 17.2 Å². The molecule has 3 rings (SSSR count). The summed E-state index contributed by atoms with van der Waals surface area (Å²) in [6.07, 6.45) is 0. The van der Waals surface area contributed by atoms with Crippen LogP contribution in [0.25, 0.3) is 11.5 Å². The lowest BCUT2D eigenvalue weighted by Gasteiger charge is -2.11. The Morgan fingerprint density at radius 2 is 1.85 bits per heavy atom. The average molecular weight is 448 g/mol.